The average molecular weight is 536 g/mol. The Bertz CT molecular complexity index is 892. The average Bonchev–Trinajstić information content (AvgIpc) is 3.12. The van der Waals surface area contributed by atoms with Gasteiger partial charge in [-0.25, -0.2) is 13.4 Å². The van der Waals surface area contributed by atoms with E-state index in [1.165, 1.54) is 11.1 Å². The number of guanidine groups is 1. The van der Waals surface area contributed by atoms with Crippen molar-refractivity contribution in [1.82, 2.24) is 10.6 Å². The third kappa shape index (κ3) is 7.04. The van der Waals surface area contributed by atoms with Gasteiger partial charge in [0.15, 0.2) is 15.8 Å². The Hall–Kier alpha value is -1.13. The first kappa shape index (κ1) is 24.9. The van der Waals surface area contributed by atoms with Gasteiger partial charge in [-0.05, 0) is 42.5 Å². The molecule has 1 heterocycles. The van der Waals surface area contributed by atoms with Gasteiger partial charge in [0.25, 0.3) is 0 Å². The standard InChI is InChI=1S/C20H29N3O2S2.HI/c1-6-21-19(23-14-20(3,4)18-8-7-11-26-18)22-13-16-9-10-17(15(2)12-16)27(5,24)25;/h7-12H,6,13-14H2,1-5H3,(H2,21,22,23);1H. The summed E-state index contributed by atoms with van der Waals surface area (Å²) in [5.74, 6) is 0.756. The molecule has 0 radical (unpaired) electrons. The fourth-order valence-electron chi connectivity index (χ4n) is 2.79. The summed E-state index contributed by atoms with van der Waals surface area (Å²) in [4.78, 5) is 6.35. The first-order valence-electron chi connectivity index (χ1n) is 8.99. The zero-order valence-electron chi connectivity index (χ0n) is 17.1. The predicted molar refractivity (Wildman–Crippen MR) is 130 cm³/mol. The second-order valence-corrected chi connectivity index (χ2v) is 10.2. The van der Waals surface area contributed by atoms with E-state index in [1.54, 1.807) is 17.4 Å². The highest BCUT2D eigenvalue weighted by atomic mass is 127. The van der Waals surface area contributed by atoms with Crippen LogP contribution in [0.2, 0.25) is 0 Å². The molecule has 8 heteroatoms. The number of aliphatic imine (C=N–C) groups is 1. The molecular weight excluding hydrogens is 505 g/mol. The van der Waals surface area contributed by atoms with Crippen LogP contribution < -0.4 is 10.6 Å². The van der Waals surface area contributed by atoms with Gasteiger partial charge in [0, 0.05) is 29.6 Å². The van der Waals surface area contributed by atoms with E-state index in [2.05, 4.69) is 47.0 Å². The smallest absolute Gasteiger partial charge is 0.191 e. The van der Waals surface area contributed by atoms with Gasteiger partial charge in [-0.15, -0.1) is 35.3 Å². The third-order valence-corrected chi connectivity index (χ3v) is 6.78. The summed E-state index contributed by atoms with van der Waals surface area (Å²) in [6.07, 6.45) is 1.23. The summed E-state index contributed by atoms with van der Waals surface area (Å²) in [6.45, 7) is 10.3. The molecule has 2 aromatic rings. The van der Waals surface area contributed by atoms with Gasteiger partial charge in [0.2, 0.25) is 0 Å². The molecule has 1 aromatic heterocycles. The van der Waals surface area contributed by atoms with Crippen LogP contribution >= 0.6 is 35.3 Å². The molecule has 0 aliphatic carbocycles. The van der Waals surface area contributed by atoms with Gasteiger partial charge in [-0.1, -0.05) is 32.0 Å². The molecule has 1 aromatic carbocycles. The molecule has 156 valence electrons. The highest BCUT2D eigenvalue weighted by Crippen LogP contribution is 2.26. The third-order valence-electron chi connectivity index (χ3n) is 4.29. The van der Waals surface area contributed by atoms with E-state index in [4.69, 9.17) is 0 Å². The van der Waals surface area contributed by atoms with Crippen molar-refractivity contribution >= 4 is 51.1 Å². The van der Waals surface area contributed by atoms with Crippen molar-refractivity contribution in [3.05, 3.63) is 51.7 Å². The molecule has 0 bridgehead atoms. The van der Waals surface area contributed by atoms with Gasteiger partial charge in [-0.3, -0.25) is 0 Å². The molecule has 0 saturated heterocycles. The second kappa shape index (κ2) is 10.6. The molecule has 0 unspecified atom stereocenters. The Labute approximate surface area is 190 Å². The van der Waals surface area contributed by atoms with Crippen LogP contribution in [0.25, 0.3) is 0 Å². The summed E-state index contributed by atoms with van der Waals surface area (Å²) in [5.41, 5.74) is 1.74. The number of aryl methyl sites for hydroxylation is 1. The summed E-state index contributed by atoms with van der Waals surface area (Å²) in [5, 5.41) is 8.78. The normalized spacial score (nSPS) is 12.4. The van der Waals surface area contributed by atoms with Gasteiger partial charge >= 0.3 is 0 Å². The van der Waals surface area contributed by atoms with E-state index in [1.807, 2.05) is 26.0 Å². The number of nitrogens with zero attached hydrogens (tertiary/aromatic N) is 1. The highest BCUT2D eigenvalue weighted by molar-refractivity contribution is 14.0. The lowest BCUT2D eigenvalue weighted by Crippen LogP contribution is -2.43. The zero-order valence-corrected chi connectivity index (χ0v) is 21.0. The quantitative estimate of drug-likeness (QED) is 0.318. The van der Waals surface area contributed by atoms with Crippen molar-refractivity contribution in [3.8, 4) is 0 Å². The van der Waals surface area contributed by atoms with Crippen LogP contribution in [0, 0.1) is 6.92 Å². The van der Waals surface area contributed by atoms with Gasteiger partial charge in [0.1, 0.15) is 0 Å². The Morgan fingerprint density at radius 3 is 2.46 bits per heavy atom. The summed E-state index contributed by atoms with van der Waals surface area (Å²) < 4.78 is 23.5. The van der Waals surface area contributed by atoms with E-state index in [0.717, 1.165) is 30.2 Å². The number of nitrogens with one attached hydrogen (secondary N) is 2. The molecule has 0 fully saturated rings. The summed E-state index contributed by atoms with van der Waals surface area (Å²) >= 11 is 1.76. The van der Waals surface area contributed by atoms with E-state index >= 15 is 0 Å². The zero-order chi connectivity index (χ0) is 20.1. The SMILES string of the molecule is CCNC(=NCc1ccc(S(C)(=O)=O)c(C)c1)NCC(C)(C)c1cccs1.I. The number of rotatable bonds is 7. The van der Waals surface area contributed by atoms with Crippen molar-refractivity contribution in [3.63, 3.8) is 0 Å². The number of hydrogen-bond acceptors (Lipinski definition) is 4. The molecule has 0 spiro atoms. The molecule has 2 rings (SSSR count). The van der Waals surface area contributed by atoms with Crippen LogP contribution in [0.5, 0.6) is 0 Å². The van der Waals surface area contributed by atoms with Crippen molar-refractivity contribution < 1.29 is 8.42 Å². The number of benzene rings is 1. The van der Waals surface area contributed by atoms with Crippen LogP contribution in [-0.2, 0) is 21.8 Å². The lowest BCUT2D eigenvalue weighted by Gasteiger charge is -2.25. The first-order chi connectivity index (χ1) is 12.6. The van der Waals surface area contributed by atoms with E-state index in [0.29, 0.717) is 11.4 Å². The first-order valence-corrected chi connectivity index (χ1v) is 11.8. The van der Waals surface area contributed by atoms with Gasteiger partial charge in [-0.2, -0.15) is 0 Å². The summed E-state index contributed by atoms with van der Waals surface area (Å²) in [6, 6.07) is 9.60. The molecule has 0 amide bonds. The predicted octanol–water partition coefficient (Wildman–Crippen LogP) is 4.11. The van der Waals surface area contributed by atoms with E-state index in [9.17, 15) is 8.42 Å². The second-order valence-electron chi connectivity index (χ2n) is 7.28. The Kier molecular flexibility index (Phi) is 9.42. The minimum Gasteiger partial charge on any atom is -0.357 e. The molecule has 2 N–H and O–H groups in total. The summed E-state index contributed by atoms with van der Waals surface area (Å²) in [7, 11) is -3.20. The Morgan fingerprint density at radius 2 is 1.93 bits per heavy atom. The van der Waals surface area contributed by atoms with Crippen LogP contribution in [0.3, 0.4) is 0 Å². The van der Waals surface area contributed by atoms with Crippen molar-refractivity contribution in [2.24, 2.45) is 4.99 Å². The Morgan fingerprint density at radius 1 is 1.21 bits per heavy atom. The van der Waals surface area contributed by atoms with Crippen LogP contribution in [0.4, 0.5) is 0 Å². The fraction of sp³-hybridized carbons (Fsp3) is 0.450. The molecule has 0 saturated carbocycles. The van der Waals surface area contributed by atoms with Crippen LogP contribution in [-0.4, -0.2) is 33.7 Å². The van der Waals surface area contributed by atoms with E-state index < -0.39 is 9.84 Å². The van der Waals surface area contributed by atoms with E-state index in [-0.39, 0.29) is 29.4 Å². The topological polar surface area (TPSA) is 70.6 Å². The van der Waals surface area contributed by atoms with Crippen molar-refractivity contribution in [2.75, 3.05) is 19.3 Å². The molecule has 28 heavy (non-hydrogen) atoms. The van der Waals surface area contributed by atoms with Gasteiger partial charge in [0.05, 0.1) is 11.4 Å². The highest BCUT2D eigenvalue weighted by Gasteiger charge is 2.21. The maximum atomic E-state index is 11.7. The Balaban J connectivity index is 0.00000392. The lowest BCUT2D eigenvalue weighted by atomic mass is 9.91. The molecular formula is C20H30IN3O2S2. The van der Waals surface area contributed by atoms with Crippen molar-refractivity contribution in [1.29, 1.82) is 0 Å². The lowest BCUT2D eigenvalue weighted by molar-refractivity contribution is 0.518. The maximum Gasteiger partial charge on any atom is 0.191 e. The molecule has 0 aliphatic rings. The minimum absolute atomic E-state index is 0. The van der Waals surface area contributed by atoms with Crippen molar-refractivity contribution in [2.45, 2.75) is 44.6 Å². The fourth-order valence-corrected chi connectivity index (χ4v) is 4.60. The number of hydrogen-bond donors (Lipinski definition) is 2. The molecule has 0 atom stereocenters. The van der Waals surface area contributed by atoms with Crippen LogP contribution in [0.1, 0.15) is 36.8 Å². The maximum absolute atomic E-state index is 11.7. The molecule has 0 aliphatic heterocycles. The van der Waals surface area contributed by atoms with Gasteiger partial charge < -0.3 is 10.6 Å². The largest absolute Gasteiger partial charge is 0.357 e. The number of thiophene rings is 1. The monoisotopic (exact) mass is 535 g/mol. The number of halogens is 1. The van der Waals surface area contributed by atoms with Crippen LogP contribution in [0.15, 0.2) is 45.6 Å². The molecule has 5 nitrogen and oxygen atoms in total. The minimum atomic E-state index is -3.20. The number of sulfone groups is 1.